The maximum Gasteiger partial charge on any atom is 0.416 e. The number of carbonyl (C=O) groups excluding carboxylic acids is 1. The largest absolute Gasteiger partial charge is 0.416 e. The fourth-order valence-electron chi connectivity index (χ4n) is 2.71. The zero-order valence-corrected chi connectivity index (χ0v) is 14.9. The Hall–Kier alpha value is -1.86. The van der Waals surface area contributed by atoms with E-state index in [2.05, 4.69) is 5.32 Å². The van der Waals surface area contributed by atoms with Crippen molar-refractivity contribution in [1.29, 1.82) is 0 Å². The van der Waals surface area contributed by atoms with Gasteiger partial charge in [-0.3, -0.25) is 4.79 Å². The molecule has 0 radical (unpaired) electrons. The van der Waals surface area contributed by atoms with Crippen LogP contribution < -0.4 is 10.0 Å². The Labute approximate surface area is 156 Å². The number of benzene rings is 1. The van der Waals surface area contributed by atoms with Gasteiger partial charge in [0, 0.05) is 5.56 Å². The van der Waals surface area contributed by atoms with Crippen LogP contribution in [-0.4, -0.2) is 43.9 Å². The second-order valence-corrected chi connectivity index (χ2v) is 8.18. The number of nitrogens with one attached hydrogen (secondary N) is 2. The summed E-state index contributed by atoms with van der Waals surface area (Å²) >= 11 is 0. The van der Waals surface area contributed by atoms with Gasteiger partial charge in [0.1, 0.15) is 0 Å². The molecule has 0 atom stereocenters. The molecule has 2 rings (SSSR count). The van der Waals surface area contributed by atoms with Gasteiger partial charge in [0.05, 0.1) is 22.5 Å². The summed E-state index contributed by atoms with van der Waals surface area (Å²) < 4.78 is 103. The lowest BCUT2D eigenvalue weighted by Gasteiger charge is -2.32. The summed E-state index contributed by atoms with van der Waals surface area (Å²) in [5, 5.41) is 13.1. The van der Waals surface area contributed by atoms with E-state index < -0.39 is 56.3 Å². The molecular formula is C15H16F6N2O4S. The molecule has 1 heterocycles. The predicted octanol–water partition coefficient (Wildman–Crippen LogP) is 1.90. The van der Waals surface area contributed by atoms with Crippen LogP contribution in [0.15, 0.2) is 18.2 Å². The maximum absolute atomic E-state index is 12.8. The molecule has 0 bridgehead atoms. The first kappa shape index (κ1) is 22.4. The summed E-state index contributed by atoms with van der Waals surface area (Å²) in [4.78, 5) is 12.0. The SMILES string of the molecule is O=C(NS(=O)(=O)CC1(O)CCNCC1)c1cc(C(F)(F)F)cc(C(F)(F)F)c1. The maximum atomic E-state index is 12.8. The lowest BCUT2D eigenvalue weighted by atomic mass is 9.95. The van der Waals surface area contributed by atoms with Gasteiger partial charge in [-0.15, -0.1) is 0 Å². The van der Waals surface area contributed by atoms with Crippen LogP contribution in [-0.2, 0) is 22.4 Å². The summed E-state index contributed by atoms with van der Waals surface area (Å²) in [6.45, 7) is 0.616. The molecule has 1 aromatic rings. The molecule has 1 amide bonds. The van der Waals surface area contributed by atoms with E-state index in [1.807, 2.05) is 0 Å². The number of rotatable bonds is 4. The fourth-order valence-corrected chi connectivity index (χ4v) is 4.18. The molecule has 1 fully saturated rings. The van der Waals surface area contributed by atoms with Crippen molar-refractivity contribution in [3.8, 4) is 0 Å². The third-order valence-corrected chi connectivity index (χ3v) is 5.50. The minimum atomic E-state index is -5.18. The van der Waals surface area contributed by atoms with Gasteiger partial charge >= 0.3 is 12.4 Å². The minimum Gasteiger partial charge on any atom is -0.389 e. The van der Waals surface area contributed by atoms with Crippen LogP contribution in [0.1, 0.15) is 34.3 Å². The highest BCUT2D eigenvalue weighted by Gasteiger charge is 2.39. The normalized spacial score (nSPS) is 18.0. The molecule has 0 aliphatic carbocycles. The molecule has 0 saturated carbocycles. The molecule has 13 heteroatoms. The number of aliphatic hydroxyl groups is 1. The number of sulfonamides is 1. The van der Waals surface area contributed by atoms with Gasteiger partial charge in [0.2, 0.25) is 10.0 Å². The van der Waals surface area contributed by atoms with Crippen molar-refractivity contribution in [3.05, 3.63) is 34.9 Å². The highest BCUT2D eigenvalue weighted by atomic mass is 32.2. The van der Waals surface area contributed by atoms with Gasteiger partial charge in [-0.2, -0.15) is 26.3 Å². The third kappa shape index (κ3) is 5.82. The van der Waals surface area contributed by atoms with Crippen LogP contribution in [0, 0.1) is 0 Å². The Kier molecular flexibility index (Phi) is 6.02. The Morgan fingerprint density at radius 2 is 1.50 bits per heavy atom. The zero-order valence-electron chi connectivity index (χ0n) is 14.1. The monoisotopic (exact) mass is 434 g/mol. The van der Waals surface area contributed by atoms with Crippen molar-refractivity contribution < 1.29 is 44.7 Å². The van der Waals surface area contributed by atoms with E-state index in [1.165, 1.54) is 4.72 Å². The van der Waals surface area contributed by atoms with E-state index in [9.17, 15) is 44.7 Å². The van der Waals surface area contributed by atoms with Crippen molar-refractivity contribution in [2.45, 2.75) is 30.8 Å². The van der Waals surface area contributed by atoms with Crippen LogP contribution >= 0.6 is 0 Å². The van der Waals surface area contributed by atoms with Crippen molar-refractivity contribution in [2.75, 3.05) is 18.8 Å². The highest BCUT2D eigenvalue weighted by molar-refractivity contribution is 7.90. The van der Waals surface area contributed by atoms with Crippen molar-refractivity contribution in [2.24, 2.45) is 0 Å². The standard InChI is InChI=1S/C15H16F6N2O4S/c16-14(17,18)10-5-9(6-11(7-10)15(19,20)21)12(24)23-28(26,27)8-13(25)1-3-22-4-2-13/h5-7,22,25H,1-4,8H2,(H,23,24). The number of carbonyl (C=O) groups is 1. The van der Waals surface area contributed by atoms with Crippen LogP contribution in [0.2, 0.25) is 0 Å². The summed E-state index contributed by atoms with van der Waals surface area (Å²) in [6.07, 6.45) is -10.3. The van der Waals surface area contributed by atoms with E-state index in [0.29, 0.717) is 13.1 Å². The first-order valence-electron chi connectivity index (χ1n) is 7.89. The lowest BCUT2D eigenvalue weighted by Crippen LogP contribution is -2.49. The van der Waals surface area contributed by atoms with Crippen LogP contribution in [0.4, 0.5) is 26.3 Å². The van der Waals surface area contributed by atoms with Gasteiger partial charge in [-0.05, 0) is 44.1 Å². The highest BCUT2D eigenvalue weighted by Crippen LogP contribution is 2.36. The Bertz CT molecular complexity index is 813. The Balaban J connectivity index is 2.30. The average molecular weight is 434 g/mol. The topological polar surface area (TPSA) is 95.5 Å². The van der Waals surface area contributed by atoms with Crippen molar-refractivity contribution in [3.63, 3.8) is 0 Å². The van der Waals surface area contributed by atoms with Crippen LogP contribution in [0.25, 0.3) is 0 Å². The number of alkyl halides is 6. The van der Waals surface area contributed by atoms with Gasteiger partial charge < -0.3 is 10.4 Å². The molecule has 1 aliphatic rings. The number of hydrogen-bond acceptors (Lipinski definition) is 5. The van der Waals surface area contributed by atoms with E-state index in [0.717, 1.165) is 0 Å². The lowest BCUT2D eigenvalue weighted by molar-refractivity contribution is -0.143. The predicted molar refractivity (Wildman–Crippen MR) is 84.8 cm³/mol. The fraction of sp³-hybridized carbons (Fsp3) is 0.533. The molecule has 0 unspecified atom stereocenters. The Morgan fingerprint density at radius 3 is 1.93 bits per heavy atom. The van der Waals surface area contributed by atoms with Gasteiger partial charge in [-0.1, -0.05) is 0 Å². The quantitative estimate of drug-likeness (QED) is 0.630. The van der Waals surface area contributed by atoms with Gasteiger partial charge in [0.15, 0.2) is 0 Å². The minimum absolute atomic E-state index is 0.0455. The number of piperidine rings is 1. The second-order valence-electron chi connectivity index (χ2n) is 6.46. The summed E-state index contributed by atoms with van der Waals surface area (Å²) in [5.41, 5.74) is -6.28. The molecule has 1 saturated heterocycles. The third-order valence-electron chi connectivity index (χ3n) is 4.09. The van der Waals surface area contributed by atoms with Crippen LogP contribution in [0.5, 0.6) is 0 Å². The smallest absolute Gasteiger partial charge is 0.389 e. The zero-order chi connectivity index (χ0) is 21.4. The summed E-state index contributed by atoms with van der Waals surface area (Å²) in [5.74, 6) is -2.58. The van der Waals surface area contributed by atoms with E-state index in [-0.39, 0.29) is 31.0 Å². The van der Waals surface area contributed by atoms with E-state index >= 15 is 0 Å². The van der Waals surface area contributed by atoms with Crippen LogP contribution in [0.3, 0.4) is 0 Å². The summed E-state index contributed by atoms with van der Waals surface area (Å²) in [7, 11) is -4.52. The molecule has 6 nitrogen and oxygen atoms in total. The van der Waals surface area contributed by atoms with Crippen molar-refractivity contribution in [1.82, 2.24) is 10.0 Å². The van der Waals surface area contributed by atoms with Gasteiger partial charge in [-0.25, -0.2) is 13.1 Å². The molecule has 3 N–H and O–H groups in total. The number of amides is 1. The number of hydrogen-bond donors (Lipinski definition) is 3. The molecule has 1 aromatic carbocycles. The van der Waals surface area contributed by atoms with E-state index in [1.54, 1.807) is 0 Å². The molecule has 0 spiro atoms. The summed E-state index contributed by atoms with van der Waals surface area (Å²) in [6, 6.07) is 0.0711. The molecule has 28 heavy (non-hydrogen) atoms. The molecular weight excluding hydrogens is 418 g/mol. The Morgan fingerprint density at radius 1 is 1.04 bits per heavy atom. The first-order chi connectivity index (χ1) is 12.6. The van der Waals surface area contributed by atoms with Gasteiger partial charge in [0.25, 0.3) is 5.91 Å². The number of halogens is 6. The molecule has 158 valence electrons. The second kappa shape index (κ2) is 7.52. The molecule has 0 aromatic heterocycles. The van der Waals surface area contributed by atoms with Crippen molar-refractivity contribution >= 4 is 15.9 Å². The first-order valence-corrected chi connectivity index (χ1v) is 9.54. The molecule has 1 aliphatic heterocycles. The van der Waals surface area contributed by atoms with E-state index in [4.69, 9.17) is 0 Å². The average Bonchev–Trinajstić information content (AvgIpc) is 2.51.